The fourth-order valence-corrected chi connectivity index (χ4v) is 2.08. The molecule has 2 N–H and O–H groups in total. The first-order valence-corrected chi connectivity index (χ1v) is 6.63. The van der Waals surface area contributed by atoms with Gasteiger partial charge in [-0.3, -0.25) is 14.4 Å². The molecule has 1 aromatic carbocycles. The smallest absolute Gasteiger partial charge is 0.316 e. The van der Waals surface area contributed by atoms with E-state index in [-0.39, 0.29) is 5.91 Å². The molecule has 0 radical (unpaired) electrons. The molecule has 0 spiro atoms. The number of aryl methyl sites for hydroxylation is 1. The van der Waals surface area contributed by atoms with Gasteiger partial charge in [0.25, 0.3) is 5.91 Å². The fourth-order valence-electron chi connectivity index (χ4n) is 2.08. The minimum absolute atomic E-state index is 0.191. The number of carbonyl (C=O) groups excluding carboxylic acids is 1. The second-order valence-electron chi connectivity index (χ2n) is 4.49. The molecule has 1 aromatic heterocycles. The number of nitrogens with zero attached hydrogens (tertiary/aromatic N) is 1. The molecule has 1 heterocycles. The molecular weight excluding hydrogens is 258 g/mol. The maximum Gasteiger partial charge on any atom is 0.316 e. The molecule has 0 saturated heterocycles. The molecule has 6 heteroatoms. The maximum absolute atomic E-state index is 11.9. The molecule has 2 aromatic rings. The molecule has 0 saturated carbocycles. The summed E-state index contributed by atoms with van der Waals surface area (Å²) >= 11 is 0. The first kappa shape index (κ1) is 14.0. The van der Waals surface area contributed by atoms with Gasteiger partial charge in [-0.25, -0.2) is 0 Å². The Labute approximate surface area is 115 Å². The van der Waals surface area contributed by atoms with Crippen LogP contribution in [0.1, 0.15) is 30.6 Å². The molecule has 0 aliphatic carbocycles. The van der Waals surface area contributed by atoms with Crippen LogP contribution in [0.5, 0.6) is 0 Å². The van der Waals surface area contributed by atoms with Gasteiger partial charge in [0.1, 0.15) is 0 Å². The van der Waals surface area contributed by atoms with E-state index in [2.05, 4.69) is 10.3 Å². The number of nitrogens with one attached hydrogen (secondary N) is 2. The highest BCUT2D eigenvalue weighted by Crippen LogP contribution is 2.11. The van der Waals surface area contributed by atoms with Crippen molar-refractivity contribution in [2.45, 2.75) is 26.8 Å². The predicted molar refractivity (Wildman–Crippen MR) is 77.1 cm³/mol. The van der Waals surface area contributed by atoms with Gasteiger partial charge in [-0.1, -0.05) is 6.92 Å². The number of hydrogen-bond acceptors (Lipinski definition) is 3. The summed E-state index contributed by atoms with van der Waals surface area (Å²) in [6.07, 6.45) is 0.853. The van der Waals surface area contributed by atoms with Crippen molar-refractivity contribution in [3.63, 3.8) is 0 Å². The molecule has 2 rings (SSSR count). The van der Waals surface area contributed by atoms with E-state index in [1.54, 1.807) is 25.1 Å². The summed E-state index contributed by atoms with van der Waals surface area (Å²) in [5, 5.41) is 2.77. The lowest BCUT2D eigenvalue weighted by Gasteiger charge is -2.09. The molecule has 1 amide bonds. The first-order valence-electron chi connectivity index (χ1n) is 6.63. The molecule has 20 heavy (non-hydrogen) atoms. The third kappa shape index (κ3) is 2.49. The number of aromatic amines is 1. The lowest BCUT2D eigenvalue weighted by Crippen LogP contribution is -2.36. The zero-order valence-electron chi connectivity index (χ0n) is 11.5. The number of amides is 1. The van der Waals surface area contributed by atoms with Gasteiger partial charge in [-0.05, 0) is 31.5 Å². The van der Waals surface area contributed by atoms with Crippen LogP contribution >= 0.6 is 0 Å². The average Bonchev–Trinajstić information content (AvgIpc) is 2.45. The lowest BCUT2D eigenvalue weighted by atomic mass is 10.1. The normalized spacial score (nSPS) is 10.7. The van der Waals surface area contributed by atoms with Gasteiger partial charge in [0.05, 0.1) is 11.0 Å². The molecule has 106 valence electrons. The average molecular weight is 275 g/mol. The van der Waals surface area contributed by atoms with Gasteiger partial charge >= 0.3 is 11.1 Å². The minimum Gasteiger partial charge on any atom is -0.352 e. The van der Waals surface area contributed by atoms with E-state index in [0.29, 0.717) is 29.7 Å². The Hall–Kier alpha value is -2.37. The van der Waals surface area contributed by atoms with Crippen molar-refractivity contribution >= 4 is 16.9 Å². The van der Waals surface area contributed by atoms with Gasteiger partial charge < -0.3 is 14.9 Å². The SMILES string of the molecule is CCCNC(=O)c1ccc2c(c1)[nH]c(=O)c(=O)n2CC. The number of H-pyrrole nitrogens is 1. The Bertz CT molecular complexity index is 758. The van der Waals surface area contributed by atoms with Crippen LogP contribution in [0.3, 0.4) is 0 Å². The van der Waals surface area contributed by atoms with Crippen LogP contribution in [0, 0.1) is 0 Å². The van der Waals surface area contributed by atoms with Gasteiger partial charge in [0.2, 0.25) is 0 Å². The van der Waals surface area contributed by atoms with E-state index in [1.165, 1.54) is 4.57 Å². The van der Waals surface area contributed by atoms with E-state index in [4.69, 9.17) is 0 Å². The van der Waals surface area contributed by atoms with Crippen LogP contribution in [0.15, 0.2) is 27.8 Å². The van der Waals surface area contributed by atoms with E-state index < -0.39 is 11.1 Å². The summed E-state index contributed by atoms with van der Waals surface area (Å²) in [5.41, 5.74) is 0.307. The van der Waals surface area contributed by atoms with Gasteiger partial charge in [-0.2, -0.15) is 0 Å². The quantitative estimate of drug-likeness (QED) is 0.811. The van der Waals surface area contributed by atoms with Gasteiger partial charge in [-0.15, -0.1) is 0 Å². The third-order valence-corrected chi connectivity index (χ3v) is 3.09. The number of benzene rings is 1. The van der Waals surface area contributed by atoms with Crippen molar-refractivity contribution in [1.82, 2.24) is 14.9 Å². The second-order valence-corrected chi connectivity index (χ2v) is 4.49. The molecule has 0 fully saturated rings. The zero-order valence-corrected chi connectivity index (χ0v) is 11.5. The summed E-state index contributed by atoms with van der Waals surface area (Å²) in [7, 11) is 0. The van der Waals surface area contributed by atoms with Gasteiger partial charge in [0, 0.05) is 18.7 Å². The second kappa shape index (κ2) is 5.73. The molecule has 0 bridgehead atoms. The number of rotatable bonds is 4. The lowest BCUT2D eigenvalue weighted by molar-refractivity contribution is 0.0954. The number of hydrogen-bond donors (Lipinski definition) is 2. The van der Waals surface area contributed by atoms with Crippen LogP contribution in [0.2, 0.25) is 0 Å². The molecule has 6 nitrogen and oxygen atoms in total. The van der Waals surface area contributed by atoms with Crippen molar-refractivity contribution in [2.24, 2.45) is 0 Å². The number of carbonyl (C=O) groups is 1. The Morgan fingerprint density at radius 1 is 1.30 bits per heavy atom. The monoisotopic (exact) mass is 275 g/mol. The maximum atomic E-state index is 11.9. The van der Waals surface area contributed by atoms with E-state index in [9.17, 15) is 14.4 Å². The summed E-state index contributed by atoms with van der Waals surface area (Å²) in [6.45, 7) is 4.77. The molecular formula is C14H17N3O3. The van der Waals surface area contributed by atoms with Crippen molar-refractivity contribution in [1.29, 1.82) is 0 Å². The van der Waals surface area contributed by atoms with Crippen molar-refractivity contribution in [3.8, 4) is 0 Å². The minimum atomic E-state index is -0.675. The highest BCUT2D eigenvalue weighted by Gasteiger charge is 2.10. The standard InChI is InChI=1S/C14H17N3O3/c1-3-7-15-12(18)9-5-6-11-10(8-9)16-13(19)14(20)17(11)4-2/h5-6,8H,3-4,7H2,1-2H3,(H,15,18)(H,16,19). The third-order valence-electron chi connectivity index (χ3n) is 3.09. The Morgan fingerprint density at radius 2 is 2.05 bits per heavy atom. The van der Waals surface area contributed by atoms with E-state index in [0.717, 1.165) is 6.42 Å². The highest BCUT2D eigenvalue weighted by molar-refractivity contribution is 5.97. The van der Waals surface area contributed by atoms with E-state index >= 15 is 0 Å². The summed E-state index contributed by atoms with van der Waals surface area (Å²) in [5.74, 6) is -0.191. The molecule has 0 atom stereocenters. The van der Waals surface area contributed by atoms with Crippen LogP contribution < -0.4 is 16.4 Å². The summed E-state index contributed by atoms with van der Waals surface area (Å²) in [4.78, 5) is 37.7. The topological polar surface area (TPSA) is 84.0 Å². The highest BCUT2D eigenvalue weighted by atomic mass is 16.2. The van der Waals surface area contributed by atoms with E-state index in [1.807, 2.05) is 6.92 Å². The predicted octanol–water partition coefficient (Wildman–Crippen LogP) is 0.849. The summed E-state index contributed by atoms with van der Waals surface area (Å²) < 4.78 is 1.39. The van der Waals surface area contributed by atoms with Crippen LogP contribution in [-0.2, 0) is 6.54 Å². The molecule has 0 aliphatic rings. The molecule has 0 unspecified atom stereocenters. The molecule has 0 aliphatic heterocycles. The van der Waals surface area contributed by atoms with Gasteiger partial charge in [0.15, 0.2) is 0 Å². The van der Waals surface area contributed by atoms with Crippen LogP contribution in [-0.4, -0.2) is 22.0 Å². The Kier molecular flexibility index (Phi) is 4.02. The Balaban J connectivity index is 2.55. The first-order chi connectivity index (χ1) is 9.58. The number of aromatic nitrogens is 2. The van der Waals surface area contributed by atoms with Crippen molar-refractivity contribution in [2.75, 3.05) is 6.54 Å². The summed E-state index contributed by atoms with van der Waals surface area (Å²) in [6, 6.07) is 4.92. The van der Waals surface area contributed by atoms with Crippen molar-refractivity contribution in [3.05, 3.63) is 44.5 Å². The fraction of sp³-hybridized carbons (Fsp3) is 0.357. The van der Waals surface area contributed by atoms with Crippen molar-refractivity contribution < 1.29 is 4.79 Å². The number of fused-ring (bicyclic) bond motifs is 1. The van der Waals surface area contributed by atoms with Crippen LogP contribution in [0.4, 0.5) is 0 Å². The van der Waals surface area contributed by atoms with Crippen LogP contribution in [0.25, 0.3) is 11.0 Å². The Morgan fingerprint density at radius 3 is 2.70 bits per heavy atom. The zero-order chi connectivity index (χ0) is 14.7. The largest absolute Gasteiger partial charge is 0.352 e.